The van der Waals surface area contributed by atoms with E-state index in [1.807, 2.05) is 25.1 Å². The summed E-state index contributed by atoms with van der Waals surface area (Å²) in [7, 11) is 0. The molecule has 1 N–H and O–H groups in total. The number of carbonyl (C=O) groups is 1. The minimum Gasteiger partial charge on any atom is -0.325 e. The number of nitrogens with one attached hydrogen (secondary N) is 1. The van der Waals surface area contributed by atoms with E-state index in [9.17, 15) is 9.18 Å². The molecule has 1 fully saturated rings. The molecule has 1 aliphatic rings. The lowest BCUT2D eigenvalue weighted by Gasteiger charge is -2.14. The van der Waals surface area contributed by atoms with Gasteiger partial charge in [-0.15, -0.1) is 10.2 Å². The van der Waals surface area contributed by atoms with E-state index in [4.69, 9.17) is 0 Å². The number of anilines is 1. The van der Waals surface area contributed by atoms with E-state index in [1.54, 1.807) is 19.1 Å². The number of amides is 1. The molecule has 1 aromatic heterocycles. The van der Waals surface area contributed by atoms with Crippen LogP contribution < -0.4 is 5.32 Å². The molecule has 5 nitrogen and oxygen atoms in total. The van der Waals surface area contributed by atoms with Crippen LogP contribution in [0.15, 0.2) is 53.7 Å². The fourth-order valence-electron chi connectivity index (χ4n) is 3.07. The summed E-state index contributed by atoms with van der Waals surface area (Å²) in [6, 6.07) is 14.9. The van der Waals surface area contributed by atoms with Gasteiger partial charge in [0.15, 0.2) is 5.16 Å². The summed E-state index contributed by atoms with van der Waals surface area (Å²) in [5, 5.41) is 11.9. The van der Waals surface area contributed by atoms with Gasteiger partial charge in [0, 0.05) is 11.6 Å². The van der Waals surface area contributed by atoms with E-state index in [1.165, 1.54) is 23.4 Å². The molecule has 0 spiro atoms. The molecule has 4 rings (SSSR count). The molecule has 3 aromatic rings. The maximum Gasteiger partial charge on any atom is 0.237 e. The molecular weight excluding hydrogens is 387 g/mol. The van der Waals surface area contributed by atoms with Gasteiger partial charge in [0.25, 0.3) is 0 Å². The van der Waals surface area contributed by atoms with Crippen molar-refractivity contribution >= 4 is 23.4 Å². The number of thioether (sulfide) groups is 1. The van der Waals surface area contributed by atoms with Crippen molar-refractivity contribution in [2.75, 3.05) is 5.32 Å². The summed E-state index contributed by atoms with van der Waals surface area (Å²) in [5.74, 6) is 0.921. The van der Waals surface area contributed by atoms with Gasteiger partial charge in [-0.2, -0.15) is 0 Å². The largest absolute Gasteiger partial charge is 0.325 e. The van der Waals surface area contributed by atoms with E-state index >= 15 is 0 Å². The second kappa shape index (κ2) is 8.37. The van der Waals surface area contributed by atoms with Crippen LogP contribution in [0, 0.1) is 12.7 Å². The fraction of sp³-hybridized carbons (Fsp3) is 0.318. The minimum atomic E-state index is -0.398. The Labute approximate surface area is 173 Å². The quantitative estimate of drug-likeness (QED) is 0.570. The number of aromatic nitrogens is 3. The van der Waals surface area contributed by atoms with Crippen LogP contribution >= 0.6 is 11.8 Å². The SMILES string of the molecule is Cc1ccc(NC(=O)[C@H](C)Sc2nnc(C3CC3)n2Cc2ccccc2)cc1F. The normalized spacial score (nSPS) is 14.6. The smallest absolute Gasteiger partial charge is 0.237 e. The Morgan fingerprint density at radius 3 is 2.69 bits per heavy atom. The Bertz CT molecular complexity index is 1020. The Morgan fingerprint density at radius 1 is 1.24 bits per heavy atom. The van der Waals surface area contributed by atoms with Gasteiger partial charge in [-0.25, -0.2) is 4.39 Å². The van der Waals surface area contributed by atoms with Crippen molar-refractivity contribution < 1.29 is 9.18 Å². The standard InChI is InChI=1S/C22H23FN4OS/c1-14-8-11-18(12-19(14)23)24-21(28)15(2)29-22-26-25-20(17-9-10-17)27(22)13-16-6-4-3-5-7-16/h3-8,11-12,15,17H,9-10,13H2,1-2H3,(H,24,28)/t15-/m0/s1. The highest BCUT2D eigenvalue weighted by atomic mass is 32.2. The van der Waals surface area contributed by atoms with Crippen LogP contribution in [0.2, 0.25) is 0 Å². The predicted molar refractivity (Wildman–Crippen MR) is 113 cm³/mol. The van der Waals surface area contributed by atoms with Crippen LogP contribution in [0.4, 0.5) is 10.1 Å². The highest BCUT2D eigenvalue weighted by molar-refractivity contribution is 8.00. The maximum absolute atomic E-state index is 13.7. The van der Waals surface area contributed by atoms with Crippen molar-refractivity contribution in [3.05, 3.63) is 71.3 Å². The number of benzene rings is 2. The van der Waals surface area contributed by atoms with Gasteiger partial charge in [0.1, 0.15) is 11.6 Å². The summed E-state index contributed by atoms with van der Waals surface area (Å²) < 4.78 is 15.9. The predicted octanol–water partition coefficient (Wildman–Crippen LogP) is 4.77. The Morgan fingerprint density at radius 2 is 2.00 bits per heavy atom. The third-order valence-corrected chi connectivity index (χ3v) is 6.04. The number of nitrogens with zero attached hydrogens (tertiary/aromatic N) is 3. The Hall–Kier alpha value is -2.67. The first-order chi connectivity index (χ1) is 14.0. The lowest BCUT2D eigenvalue weighted by Crippen LogP contribution is -2.23. The number of hydrogen-bond donors (Lipinski definition) is 1. The second-order valence-corrected chi connectivity index (χ2v) is 8.71. The maximum atomic E-state index is 13.7. The molecule has 7 heteroatoms. The van der Waals surface area contributed by atoms with Gasteiger partial charge < -0.3 is 9.88 Å². The fourth-order valence-corrected chi connectivity index (χ4v) is 3.93. The van der Waals surface area contributed by atoms with Crippen molar-refractivity contribution in [2.45, 2.75) is 49.6 Å². The summed E-state index contributed by atoms with van der Waals surface area (Å²) in [5.41, 5.74) is 2.17. The molecule has 2 aromatic carbocycles. The van der Waals surface area contributed by atoms with Crippen LogP contribution in [-0.2, 0) is 11.3 Å². The van der Waals surface area contributed by atoms with Crippen LogP contribution in [0.3, 0.4) is 0 Å². The molecule has 1 aliphatic carbocycles. The summed E-state index contributed by atoms with van der Waals surface area (Å²) in [4.78, 5) is 12.6. The molecule has 150 valence electrons. The van der Waals surface area contributed by atoms with Gasteiger partial charge in [0.2, 0.25) is 5.91 Å². The zero-order valence-electron chi connectivity index (χ0n) is 16.4. The van der Waals surface area contributed by atoms with E-state index in [0.29, 0.717) is 23.7 Å². The van der Waals surface area contributed by atoms with Gasteiger partial charge >= 0.3 is 0 Å². The Balaban J connectivity index is 1.49. The van der Waals surface area contributed by atoms with Crippen LogP contribution in [0.5, 0.6) is 0 Å². The number of halogens is 1. The van der Waals surface area contributed by atoms with Crippen molar-refractivity contribution in [3.8, 4) is 0 Å². The lowest BCUT2D eigenvalue weighted by atomic mass is 10.2. The zero-order valence-corrected chi connectivity index (χ0v) is 17.2. The number of carbonyl (C=O) groups excluding carboxylic acids is 1. The molecule has 0 aliphatic heterocycles. The minimum absolute atomic E-state index is 0.194. The second-order valence-electron chi connectivity index (χ2n) is 7.40. The number of hydrogen-bond acceptors (Lipinski definition) is 4. The molecule has 0 saturated heterocycles. The third-order valence-electron chi connectivity index (χ3n) is 4.96. The Kier molecular flexibility index (Phi) is 5.67. The molecule has 29 heavy (non-hydrogen) atoms. The summed E-state index contributed by atoms with van der Waals surface area (Å²) in [6.45, 7) is 4.19. The first-order valence-electron chi connectivity index (χ1n) is 9.72. The van der Waals surface area contributed by atoms with Crippen LogP contribution in [0.1, 0.15) is 42.6 Å². The van der Waals surface area contributed by atoms with Crippen molar-refractivity contribution in [1.82, 2.24) is 14.8 Å². The van der Waals surface area contributed by atoms with Crippen LogP contribution in [-0.4, -0.2) is 25.9 Å². The zero-order chi connectivity index (χ0) is 20.4. The number of rotatable bonds is 7. The van der Waals surface area contributed by atoms with E-state index in [-0.39, 0.29) is 11.7 Å². The molecule has 0 bridgehead atoms. The van der Waals surface area contributed by atoms with Crippen molar-refractivity contribution in [1.29, 1.82) is 0 Å². The first kappa shape index (κ1) is 19.6. The molecule has 1 saturated carbocycles. The molecule has 1 atom stereocenters. The molecule has 0 unspecified atom stereocenters. The van der Waals surface area contributed by atoms with Crippen LogP contribution in [0.25, 0.3) is 0 Å². The van der Waals surface area contributed by atoms with Gasteiger partial charge in [-0.05, 0) is 49.9 Å². The highest BCUT2D eigenvalue weighted by Crippen LogP contribution is 2.40. The van der Waals surface area contributed by atoms with Crippen molar-refractivity contribution in [2.24, 2.45) is 0 Å². The first-order valence-corrected chi connectivity index (χ1v) is 10.6. The average molecular weight is 411 g/mol. The lowest BCUT2D eigenvalue weighted by molar-refractivity contribution is -0.115. The highest BCUT2D eigenvalue weighted by Gasteiger charge is 2.31. The van der Waals surface area contributed by atoms with Gasteiger partial charge in [0.05, 0.1) is 11.8 Å². The summed E-state index contributed by atoms with van der Waals surface area (Å²) in [6.07, 6.45) is 2.26. The molecular formula is C22H23FN4OS. The van der Waals surface area contributed by atoms with Gasteiger partial charge in [-0.1, -0.05) is 48.2 Å². The summed E-state index contributed by atoms with van der Waals surface area (Å²) >= 11 is 1.37. The molecule has 1 heterocycles. The monoisotopic (exact) mass is 410 g/mol. The molecule has 0 radical (unpaired) electrons. The van der Waals surface area contributed by atoms with E-state index in [0.717, 1.165) is 23.8 Å². The third kappa shape index (κ3) is 4.67. The van der Waals surface area contributed by atoms with E-state index in [2.05, 4.69) is 32.2 Å². The average Bonchev–Trinajstić information content (AvgIpc) is 3.49. The van der Waals surface area contributed by atoms with E-state index < -0.39 is 5.25 Å². The van der Waals surface area contributed by atoms with Crippen molar-refractivity contribution in [3.63, 3.8) is 0 Å². The molecule has 1 amide bonds. The van der Waals surface area contributed by atoms with Gasteiger partial charge in [-0.3, -0.25) is 4.79 Å². The topological polar surface area (TPSA) is 59.8 Å². The number of aryl methyl sites for hydroxylation is 1.